The van der Waals surface area contributed by atoms with Crippen LogP contribution in [0.1, 0.15) is 50.7 Å². The van der Waals surface area contributed by atoms with Crippen LogP contribution >= 0.6 is 11.3 Å². The van der Waals surface area contributed by atoms with E-state index in [-0.39, 0.29) is 0 Å². The second kappa shape index (κ2) is 8.32. The number of hydrogen-bond donors (Lipinski definition) is 2. The fraction of sp³-hybridized carbons (Fsp3) is 0.533. The lowest BCUT2D eigenvalue weighted by molar-refractivity contribution is -0.192. The number of rotatable bonds is 3. The summed E-state index contributed by atoms with van der Waals surface area (Å²) in [6, 6.07) is 0. The van der Waals surface area contributed by atoms with Crippen LogP contribution in [-0.4, -0.2) is 35.7 Å². The first-order chi connectivity index (χ1) is 11.5. The maximum atomic E-state index is 12.0. The second-order valence-corrected chi connectivity index (χ2v) is 6.55. The topological polar surface area (TPSA) is 107 Å². The number of alkyl halides is 3. The van der Waals surface area contributed by atoms with Crippen LogP contribution in [0.2, 0.25) is 0 Å². The molecule has 140 valence electrons. The number of primary amides is 1. The van der Waals surface area contributed by atoms with Crippen molar-refractivity contribution < 1.29 is 37.4 Å². The smallest absolute Gasteiger partial charge is 0.475 e. The first-order valence-corrected chi connectivity index (χ1v) is 8.22. The van der Waals surface area contributed by atoms with Gasteiger partial charge in [0.05, 0.1) is 12.2 Å². The van der Waals surface area contributed by atoms with E-state index in [0.717, 1.165) is 29.7 Å². The van der Waals surface area contributed by atoms with E-state index in [9.17, 15) is 22.8 Å². The van der Waals surface area contributed by atoms with Crippen LogP contribution in [0, 0.1) is 5.92 Å². The monoisotopic (exact) mass is 381 g/mol. The highest BCUT2D eigenvalue weighted by atomic mass is 32.1. The Morgan fingerprint density at radius 1 is 1.36 bits per heavy atom. The fourth-order valence-electron chi connectivity index (χ4n) is 2.35. The highest BCUT2D eigenvalue weighted by molar-refractivity contribution is 7.14. The van der Waals surface area contributed by atoms with E-state index in [2.05, 4.69) is 6.92 Å². The molecule has 0 saturated carbocycles. The summed E-state index contributed by atoms with van der Waals surface area (Å²) in [5.41, 5.74) is 6.75. The molecule has 1 heterocycles. The molecule has 0 spiro atoms. The number of aliphatic carboxylic acids is 1. The van der Waals surface area contributed by atoms with Crippen LogP contribution in [0.5, 0.6) is 0 Å². The molecule has 3 N–H and O–H groups in total. The molecule has 0 aliphatic heterocycles. The van der Waals surface area contributed by atoms with Crippen LogP contribution in [0.25, 0.3) is 0 Å². The number of halogens is 3. The highest BCUT2D eigenvalue weighted by Gasteiger charge is 2.38. The predicted molar refractivity (Wildman–Crippen MR) is 83.7 cm³/mol. The summed E-state index contributed by atoms with van der Waals surface area (Å²) < 4.78 is 36.8. The van der Waals surface area contributed by atoms with Crippen molar-refractivity contribution in [2.24, 2.45) is 11.7 Å². The van der Waals surface area contributed by atoms with E-state index >= 15 is 0 Å². The van der Waals surface area contributed by atoms with Crippen molar-refractivity contribution in [3.05, 3.63) is 20.9 Å². The summed E-state index contributed by atoms with van der Waals surface area (Å²) in [4.78, 5) is 33.8. The van der Waals surface area contributed by atoms with Crippen LogP contribution < -0.4 is 5.73 Å². The number of carbonyl (C=O) groups is 3. The van der Waals surface area contributed by atoms with E-state index in [1.807, 2.05) is 0 Å². The van der Waals surface area contributed by atoms with E-state index in [4.69, 9.17) is 20.4 Å². The van der Waals surface area contributed by atoms with Gasteiger partial charge in [-0.05, 0) is 37.7 Å². The summed E-state index contributed by atoms with van der Waals surface area (Å²) in [6.07, 6.45) is -2.25. The van der Waals surface area contributed by atoms with Gasteiger partial charge < -0.3 is 15.6 Å². The van der Waals surface area contributed by atoms with Gasteiger partial charge in [-0.25, -0.2) is 9.59 Å². The van der Waals surface area contributed by atoms with Gasteiger partial charge in [-0.15, -0.1) is 11.3 Å². The largest absolute Gasteiger partial charge is 0.490 e. The van der Waals surface area contributed by atoms with Crippen molar-refractivity contribution in [3.63, 3.8) is 0 Å². The zero-order chi connectivity index (χ0) is 19.4. The van der Waals surface area contributed by atoms with Gasteiger partial charge in [-0.1, -0.05) is 6.92 Å². The molecular formula is C15H18F3NO5S. The third-order valence-electron chi connectivity index (χ3n) is 3.45. The maximum absolute atomic E-state index is 12.0. The second-order valence-electron chi connectivity index (χ2n) is 5.44. The Kier molecular flexibility index (Phi) is 6.97. The Balaban J connectivity index is 0.000000381. The molecule has 1 amide bonds. The van der Waals surface area contributed by atoms with Crippen molar-refractivity contribution in [1.82, 2.24) is 0 Å². The molecule has 6 nitrogen and oxygen atoms in total. The van der Waals surface area contributed by atoms with Crippen molar-refractivity contribution in [2.75, 3.05) is 6.61 Å². The van der Waals surface area contributed by atoms with Gasteiger partial charge in [0.15, 0.2) is 0 Å². The zero-order valence-corrected chi connectivity index (χ0v) is 14.4. The summed E-state index contributed by atoms with van der Waals surface area (Å²) in [5, 5.41) is 7.12. The number of hydrogen-bond acceptors (Lipinski definition) is 5. The molecule has 0 saturated heterocycles. The Hall–Kier alpha value is -2.10. The Morgan fingerprint density at radius 2 is 1.92 bits per heavy atom. The minimum Gasteiger partial charge on any atom is -0.475 e. The van der Waals surface area contributed by atoms with Gasteiger partial charge in [0.1, 0.15) is 4.88 Å². The number of fused-ring (bicyclic) bond motifs is 1. The molecule has 1 atom stereocenters. The average molecular weight is 381 g/mol. The van der Waals surface area contributed by atoms with Crippen molar-refractivity contribution in [2.45, 2.75) is 39.3 Å². The number of ether oxygens (including phenoxy) is 1. The molecule has 1 aromatic rings. The number of esters is 1. The lowest BCUT2D eigenvalue weighted by Crippen LogP contribution is -2.21. The number of amides is 1. The first-order valence-electron chi connectivity index (χ1n) is 7.40. The molecule has 1 unspecified atom stereocenters. The highest BCUT2D eigenvalue weighted by Crippen LogP contribution is 2.36. The third kappa shape index (κ3) is 5.45. The molecular weight excluding hydrogens is 363 g/mol. The summed E-state index contributed by atoms with van der Waals surface area (Å²) in [6.45, 7) is 4.21. The van der Waals surface area contributed by atoms with Gasteiger partial charge in [-0.3, -0.25) is 4.79 Å². The third-order valence-corrected chi connectivity index (χ3v) is 4.76. The number of nitrogens with two attached hydrogens (primary N) is 1. The van der Waals surface area contributed by atoms with Gasteiger partial charge in [-0.2, -0.15) is 13.2 Å². The first kappa shape index (κ1) is 20.9. The quantitative estimate of drug-likeness (QED) is 0.783. The Bertz CT molecular complexity index is 669. The molecule has 0 aromatic carbocycles. The average Bonchev–Trinajstić information content (AvgIpc) is 2.86. The van der Waals surface area contributed by atoms with Crippen molar-refractivity contribution >= 4 is 29.2 Å². The predicted octanol–water partition coefficient (Wildman–Crippen LogP) is 2.78. The van der Waals surface area contributed by atoms with E-state index in [1.54, 1.807) is 6.92 Å². The Morgan fingerprint density at radius 3 is 2.36 bits per heavy atom. The van der Waals surface area contributed by atoms with E-state index in [1.165, 1.54) is 11.3 Å². The van der Waals surface area contributed by atoms with E-state index < -0.39 is 24.0 Å². The molecule has 2 rings (SSSR count). The standard InChI is InChI=1S/C13H17NO3S.C2HF3O2/c1-3-17-13(16)10-8-6-7(2)4-5-9(8)18-11(10)12(14)15;3-2(4,5)1(6)7/h7H,3-6H2,1-2H3,(H2,14,15);(H,6,7). The number of carboxylic acid groups (broad SMARTS) is 1. The fourth-order valence-corrected chi connectivity index (χ4v) is 3.53. The Labute approximate surface area is 145 Å². The molecule has 0 bridgehead atoms. The molecule has 1 aromatic heterocycles. The molecule has 1 aliphatic carbocycles. The lowest BCUT2D eigenvalue weighted by atomic mass is 9.87. The number of carbonyl (C=O) groups excluding carboxylic acids is 2. The number of carboxylic acids is 1. The minimum absolute atomic E-state index is 0.303. The summed E-state index contributed by atoms with van der Waals surface area (Å²) >= 11 is 1.35. The van der Waals surface area contributed by atoms with Crippen LogP contribution in [-0.2, 0) is 22.4 Å². The summed E-state index contributed by atoms with van der Waals surface area (Å²) in [7, 11) is 0. The molecule has 0 radical (unpaired) electrons. The molecule has 10 heteroatoms. The van der Waals surface area contributed by atoms with E-state index in [0.29, 0.717) is 23.0 Å². The lowest BCUT2D eigenvalue weighted by Gasteiger charge is -2.18. The normalized spacial score (nSPS) is 16.3. The van der Waals surface area contributed by atoms with Crippen molar-refractivity contribution in [3.8, 4) is 0 Å². The maximum Gasteiger partial charge on any atom is 0.490 e. The van der Waals surface area contributed by atoms with Crippen LogP contribution in [0.3, 0.4) is 0 Å². The number of aryl methyl sites for hydroxylation is 1. The minimum atomic E-state index is -5.08. The summed E-state index contributed by atoms with van der Waals surface area (Å²) in [5.74, 6) is -3.18. The van der Waals surface area contributed by atoms with Crippen molar-refractivity contribution in [1.29, 1.82) is 0 Å². The van der Waals surface area contributed by atoms with Gasteiger partial charge in [0.2, 0.25) is 0 Å². The SMILES string of the molecule is CCOC(=O)c1c(C(N)=O)sc2c1CC(C)CC2.O=C(O)C(F)(F)F. The number of thiophene rings is 1. The van der Waals surface area contributed by atoms with Gasteiger partial charge in [0.25, 0.3) is 5.91 Å². The molecule has 25 heavy (non-hydrogen) atoms. The van der Waals surface area contributed by atoms with Crippen LogP contribution in [0.15, 0.2) is 0 Å². The van der Waals surface area contributed by atoms with Gasteiger partial charge in [0, 0.05) is 4.88 Å². The van der Waals surface area contributed by atoms with Crippen LogP contribution in [0.4, 0.5) is 13.2 Å². The zero-order valence-electron chi connectivity index (χ0n) is 13.6. The van der Waals surface area contributed by atoms with Gasteiger partial charge >= 0.3 is 18.1 Å². The molecule has 1 aliphatic rings. The molecule has 0 fully saturated rings.